The number of nitrogens with two attached hydrogens (primary N) is 1. The molecule has 2 nitrogen and oxygen atoms in total. The van der Waals surface area contributed by atoms with E-state index in [2.05, 4.69) is 11.4 Å². The number of hydrogen-bond acceptors (Lipinski definition) is 2. The van der Waals surface area contributed by atoms with Gasteiger partial charge in [0.05, 0.1) is 0 Å². The second-order valence-corrected chi connectivity index (χ2v) is 3.82. The Labute approximate surface area is 83.1 Å². The summed E-state index contributed by atoms with van der Waals surface area (Å²) in [7, 11) is 0. The Kier molecular flexibility index (Phi) is 2.42. The first kappa shape index (κ1) is 8.85. The standard InChI is InChI=1S/C10H13ClN2/c11-8-1-2-9-7(3-4-12)6-13-10(9)5-8/h1-2,5,7,13H,3-4,6,12H2. The topological polar surface area (TPSA) is 38.0 Å². The normalized spacial score (nSPS) is 19.7. The van der Waals surface area contributed by atoms with Gasteiger partial charge >= 0.3 is 0 Å². The van der Waals surface area contributed by atoms with Crippen molar-refractivity contribution in [1.82, 2.24) is 0 Å². The van der Waals surface area contributed by atoms with Crippen molar-refractivity contribution in [2.75, 3.05) is 18.4 Å². The van der Waals surface area contributed by atoms with Crippen LogP contribution in [0.2, 0.25) is 5.02 Å². The summed E-state index contributed by atoms with van der Waals surface area (Å²) < 4.78 is 0. The van der Waals surface area contributed by atoms with E-state index in [1.807, 2.05) is 12.1 Å². The zero-order valence-corrected chi connectivity index (χ0v) is 8.14. The molecule has 1 heterocycles. The minimum Gasteiger partial charge on any atom is -0.384 e. The van der Waals surface area contributed by atoms with Gasteiger partial charge in [-0.1, -0.05) is 17.7 Å². The van der Waals surface area contributed by atoms with Crippen LogP contribution in [0, 0.1) is 0 Å². The molecule has 1 aromatic rings. The lowest BCUT2D eigenvalue weighted by Crippen LogP contribution is -2.08. The maximum atomic E-state index is 5.88. The van der Waals surface area contributed by atoms with Crippen molar-refractivity contribution in [1.29, 1.82) is 0 Å². The highest BCUT2D eigenvalue weighted by molar-refractivity contribution is 6.30. The minimum absolute atomic E-state index is 0.567. The van der Waals surface area contributed by atoms with E-state index in [9.17, 15) is 0 Å². The van der Waals surface area contributed by atoms with Gasteiger partial charge in [0.25, 0.3) is 0 Å². The van der Waals surface area contributed by atoms with E-state index >= 15 is 0 Å². The summed E-state index contributed by atoms with van der Waals surface area (Å²) in [6.45, 7) is 1.74. The number of hydrogen-bond donors (Lipinski definition) is 2. The van der Waals surface area contributed by atoms with Gasteiger partial charge < -0.3 is 11.1 Å². The fourth-order valence-corrected chi connectivity index (χ4v) is 2.01. The zero-order valence-electron chi connectivity index (χ0n) is 7.39. The lowest BCUT2D eigenvalue weighted by Gasteiger charge is -2.07. The molecule has 0 amide bonds. The summed E-state index contributed by atoms with van der Waals surface area (Å²) in [6, 6.07) is 6.02. The van der Waals surface area contributed by atoms with E-state index in [4.69, 9.17) is 17.3 Å². The van der Waals surface area contributed by atoms with Gasteiger partial charge in [0.2, 0.25) is 0 Å². The summed E-state index contributed by atoms with van der Waals surface area (Å²) in [5, 5.41) is 4.13. The van der Waals surface area contributed by atoms with Crippen LogP contribution in [0.25, 0.3) is 0 Å². The first-order valence-corrected chi connectivity index (χ1v) is 4.92. The smallest absolute Gasteiger partial charge is 0.0426 e. The van der Waals surface area contributed by atoms with E-state index in [0.29, 0.717) is 5.92 Å². The fourth-order valence-electron chi connectivity index (χ4n) is 1.84. The van der Waals surface area contributed by atoms with Crippen molar-refractivity contribution < 1.29 is 0 Å². The minimum atomic E-state index is 0.567. The predicted molar refractivity (Wildman–Crippen MR) is 56.4 cm³/mol. The SMILES string of the molecule is NCCC1CNc2cc(Cl)ccc21. The van der Waals surface area contributed by atoms with Gasteiger partial charge in [0.1, 0.15) is 0 Å². The first-order chi connectivity index (χ1) is 6.31. The van der Waals surface area contributed by atoms with Crippen LogP contribution >= 0.6 is 11.6 Å². The highest BCUT2D eigenvalue weighted by Gasteiger charge is 2.20. The lowest BCUT2D eigenvalue weighted by atomic mass is 9.98. The van der Waals surface area contributed by atoms with Crippen LogP contribution in [-0.4, -0.2) is 13.1 Å². The third-order valence-electron chi connectivity index (χ3n) is 2.51. The van der Waals surface area contributed by atoms with Gasteiger partial charge in [-0.2, -0.15) is 0 Å². The Morgan fingerprint density at radius 2 is 2.38 bits per heavy atom. The highest BCUT2D eigenvalue weighted by Crippen LogP contribution is 2.34. The van der Waals surface area contributed by atoms with Gasteiger partial charge in [-0.25, -0.2) is 0 Å². The van der Waals surface area contributed by atoms with Crippen LogP contribution in [0.5, 0.6) is 0 Å². The number of anilines is 1. The van der Waals surface area contributed by atoms with E-state index in [-0.39, 0.29) is 0 Å². The summed E-state index contributed by atoms with van der Waals surface area (Å²) in [5.41, 5.74) is 8.07. The van der Waals surface area contributed by atoms with Gasteiger partial charge in [-0.05, 0) is 30.7 Å². The quantitative estimate of drug-likeness (QED) is 0.761. The van der Waals surface area contributed by atoms with Crippen molar-refractivity contribution in [3.63, 3.8) is 0 Å². The molecule has 0 radical (unpaired) electrons. The number of rotatable bonds is 2. The summed E-state index contributed by atoms with van der Waals surface area (Å²) in [5.74, 6) is 0.567. The largest absolute Gasteiger partial charge is 0.384 e. The van der Waals surface area contributed by atoms with Crippen molar-refractivity contribution in [3.05, 3.63) is 28.8 Å². The number of benzene rings is 1. The molecular weight excluding hydrogens is 184 g/mol. The molecule has 1 aliphatic heterocycles. The van der Waals surface area contributed by atoms with E-state index in [1.54, 1.807) is 0 Å². The van der Waals surface area contributed by atoms with Gasteiger partial charge in [0, 0.05) is 23.2 Å². The van der Waals surface area contributed by atoms with E-state index < -0.39 is 0 Å². The monoisotopic (exact) mass is 196 g/mol. The van der Waals surface area contributed by atoms with Crippen molar-refractivity contribution in [2.45, 2.75) is 12.3 Å². The zero-order chi connectivity index (χ0) is 9.26. The van der Waals surface area contributed by atoms with Gasteiger partial charge in [-0.15, -0.1) is 0 Å². The van der Waals surface area contributed by atoms with Crippen molar-refractivity contribution >= 4 is 17.3 Å². The van der Waals surface area contributed by atoms with Crippen LogP contribution in [0.3, 0.4) is 0 Å². The molecule has 0 saturated heterocycles. The van der Waals surface area contributed by atoms with Gasteiger partial charge in [-0.3, -0.25) is 0 Å². The molecule has 0 fully saturated rings. The first-order valence-electron chi connectivity index (χ1n) is 4.54. The maximum absolute atomic E-state index is 5.88. The molecule has 70 valence electrons. The number of fused-ring (bicyclic) bond motifs is 1. The Balaban J connectivity index is 2.27. The van der Waals surface area contributed by atoms with Crippen LogP contribution in [0.1, 0.15) is 17.9 Å². The molecule has 13 heavy (non-hydrogen) atoms. The number of nitrogens with one attached hydrogen (secondary N) is 1. The van der Waals surface area contributed by atoms with Crippen LogP contribution < -0.4 is 11.1 Å². The predicted octanol–water partition coefficient (Wildman–Crippen LogP) is 2.20. The molecule has 0 saturated carbocycles. The number of halogens is 1. The Morgan fingerprint density at radius 1 is 1.54 bits per heavy atom. The molecule has 0 aromatic heterocycles. The van der Waals surface area contributed by atoms with Crippen LogP contribution in [0.4, 0.5) is 5.69 Å². The Hall–Kier alpha value is -0.730. The highest BCUT2D eigenvalue weighted by atomic mass is 35.5. The molecule has 2 rings (SSSR count). The van der Waals surface area contributed by atoms with Crippen LogP contribution in [-0.2, 0) is 0 Å². The molecule has 1 unspecified atom stereocenters. The molecule has 1 aliphatic rings. The molecule has 0 aliphatic carbocycles. The summed E-state index contributed by atoms with van der Waals surface area (Å²) in [4.78, 5) is 0. The summed E-state index contributed by atoms with van der Waals surface area (Å²) >= 11 is 5.88. The molecule has 3 N–H and O–H groups in total. The third-order valence-corrected chi connectivity index (χ3v) is 2.74. The maximum Gasteiger partial charge on any atom is 0.0426 e. The average Bonchev–Trinajstić information content (AvgIpc) is 2.49. The van der Waals surface area contributed by atoms with E-state index in [0.717, 1.165) is 24.5 Å². The molecule has 0 bridgehead atoms. The Morgan fingerprint density at radius 3 is 3.15 bits per heavy atom. The molecular formula is C10H13ClN2. The lowest BCUT2D eigenvalue weighted by molar-refractivity contribution is 0.686. The van der Waals surface area contributed by atoms with E-state index in [1.165, 1.54) is 11.3 Å². The fraction of sp³-hybridized carbons (Fsp3) is 0.400. The molecule has 1 aromatic carbocycles. The second kappa shape index (κ2) is 3.56. The second-order valence-electron chi connectivity index (χ2n) is 3.39. The summed E-state index contributed by atoms with van der Waals surface area (Å²) in [6.07, 6.45) is 1.04. The molecule has 0 spiro atoms. The molecule has 1 atom stereocenters. The average molecular weight is 197 g/mol. The Bertz CT molecular complexity index is 312. The third kappa shape index (κ3) is 1.64. The van der Waals surface area contributed by atoms with Gasteiger partial charge in [0.15, 0.2) is 0 Å². The van der Waals surface area contributed by atoms with Crippen molar-refractivity contribution in [2.24, 2.45) is 5.73 Å². The molecule has 3 heteroatoms. The van der Waals surface area contributed by atoms with Crippen molar-refractivity contribution in [3.8, 4) is 0 Å². The van der Waals surface area contributed by atoms with Crippen LogP contribution in [0.15, 0.2) is 18.2 Å².